The van der Waals surface area contributed by atoms with Crippen molar-refractivity contribution in [2.45, 2.75) is 25.9 Å². The maximum absolute atomic E-state index is 6.00. The minimum absolute atomic E-state index is 0.681. The molecule has 0 saturated carbocycles. The van der Waals surface area contributed by atoms with Crippen LogP contribution in [0, 0.1) is 0 Å². The highest BCUT2D eigenvalue weighted by atomic mass is 16.5. The lowest BCUT2D eigenvalue weighted by molar-refractivity contribution is 0.0676. The van der Waals surface area contributed by atoms with Gasteiger partial charge in [0.2, 0.25) is 0 Å². The van der Waals surface area contributed by atoms with Crippen molar-refractivity contribution < 1.29 is 9.47 Å². The molecule has 0 spiro atoms. The molecule has 2 rings (SSSR count). The van der Waals surface area contributed by atoms with Crippen molar-refractivity contribution >= 4 is 5.69 Å². The highest BCUT2D eigenvalue weighted by Gasteiger charge is 2.19. The second-order valence-corrected chi connectivity index (χ2v) is 5.01. The molecule has 2 N–H and O–H groups in total. The average molecular weight is 264 g/mol. The van der Waals surface area contributed by atoms with Gasteiger partial charge in [-0.05, 0) is 36.6 Å². The van der Waals surface area contributed by atoms with E-state index < -0.39 is 0 Å². The predicted octanol–water partition coefficient (Wildman–Crippen LogP) is 2.03. The Morgan fingerprint density at radius 2 is 2.05 bits per heavy atom. The number of nitrogen functional groups attached to an aromatic ring is 1. The Labute approximate surface area is 115 Å². The Bertz CT molecular complexity index is 396. The second-order valence-electron chi connectivity index (χ2n) is 5.01. The van der Waals surface area contributed by atoms with Gasteiger partial charge in [0.15, 0.2) is 0 Å². The third-order valence-corrected chi connectivity index (χ3v) is 3.53. The van der Waals surface area contributed by atoms with E-state index in [1.165, 1.54) is 17.5 Å². The zero-order valence-electron chi connectivity index (χ0n) is 11.7. The molecule has 1 aliphatic rings. The second kappa shape index (κ2) is 7.48. The van der Waals surface area contributed by atoms with Crippen molar-refractivity contribution in [3.05, 3.63) is 29.3 Å². The number of nitrogens with two attached hydrogens (primary N) is 1. The molecule has 1 aromatic carbocycles. The molecule has 1 heterocycles. The summed E-state index contributed by atoms with van der Waals surface area (Å²) in [5.41, 5.74) is 9.64. The van der Waals surface area contributed by atoms with Crippen molar-refractivity contribution in [2.24, 2.45) is 0 Å². The number of unbranched alkanes of at least 4 members (excludes halogenated alkanes) is 1. The van der Waals surface area contributed by atoms with Crippen molar-refractivity contribution in [3.8, 4) is 0 Å². The van der Waals surface area contributed by atoms with Crippen molar-refractivity contribution in [3.63, 3.8) is 0 Å². The molecule has 1 aromatic rings. The highest BCUT2D eigenvalue weighted by molar-refractivity contribution is 5.52. The predicted molar refractivity (Wildman–Crippen MR) is 76.9 cm³/mol. The summed E-state index contributed by atoms with van der Waals surface area (Å²) < 4.78 is 10.4. The summed E-state index contributed by atoms with van der Waals surface area (Å²) in [6.07, 6.45) is 2.27. The Balaban J connectivity index is 1.61. The first kappa shape index (κ1) is 14.3. The molecule has 1 aliphatic heterocycles. The summed E-state index contributed by atoms with van der Waals surface area (Å²) in [5, 5.41) is 0. The van der Waals surface area contributed by atoms with E-state index in [2.05, 4.69) is 11.0 Å². The molecule has 0 bridgehead atoms. The smallest absolute Gasteiger partial charge is 0.0700 e. The molecule has 0 saturated heterocycles. The zero-order chi connectivity index (χ0) is 13.5. The molecule has 0 amide bonds. The minimum Gasteiger partial charge on any atom is -0.398 e. The van der Waals surface area contributed by atoms with Crippen LogP contribution in [0.1, 0.15) is 24.0 Å². The number of ether oxygens (including phenoxy) is 2. The van der Waals surface area contributed by atoms with Crippen LogP contribution in [0.25, 0.3) is 0 Å². The van der Waals surface area contributed by atoms with Gasteiger partial charge in [0.05, 0.1) is 13.2 Å². The van der Waals surface area contributed by atoms with E-state index in [-0.39, 0.29) is 0 Å². The van der Waals surface area contributed by atoms with E-state index in [0.717, 1.165) is 38.3 Å². The number of rotatable bonds is 8. The first-order valence-electron chi connectivity index (χ1n) is 6.96. The molecule has 0 unspecified atom stereocenters. The van der Waals surface area contributed by atoms with Crippen LogP contribution in [-0.4, -0.2) is 38.4 Å². The molecular formula is C15H24N2O2. The van der Waals surface area contributed by atoms with Crippen LogP contribution in [0.15, 0.2) is 18.2 Å². The molecule has 0 aliphatic carbocycles. The number of hydrogen-bond donors (Lipinski definition) is 1. The van der Waals surface area contributed by atoms with Crippen molar-refractivity contribution in [1.82, 2.24) is 4.90 Å². The van der Waals surface area contributed by atoms with Gasteiger partial charge in [-0.1, -0.05) is 12.1 Å². The van der Waals surface area contributed by atoms with Crippen LogP contribution >= 0.6 is 0 Å². The maximum atomic E-state index is 6.00. The Morgan fingerprint density at radius 1 is 1.16 bits per heavy atom. The molecule has 4 heteroatoms. The van der Waals surface area contributed by atoms with Gasteiger partial charge in [-0.25, -0.2) is 0 Å². The van der Waals surface area contributed by atoms with Gasteiger partial charge in [0, 0.05) is 32.5 Å². The van der Waals surface area contributed by atoms with Crippen molar-refractivity contribution in [2.75, 3.05) is 39.2 Å². The van der Waals surface area contributed by atoms with E-state index in [0.29, 0.717) is 13.2 Å². The molecule has 0 atom stereocenters. The van der Waals surface area contributed by atoms with Crippen LogP contribution < -0.4 is 5.73 Å². The van der Waals surface area contributed by atoms with Crippen LogP contribution in [0.3, 0.4) is 0 Å². The highest BCUT2D eigenvalue weighted by Crippen LogP contribution is 2.27. The lowest BCUT2D eigenvalue weighted by Gasteiger charge is -2.14. The summed E-state index contributed by atoms with van der Waals surface area (Å²) >= 11 is 0. The van der Waals surface area contributed by atoms with E-state index in [9.17, 15) is 0 Å². The first-order chi connectivity index (χ1) is 9.31. The number of nitrogens with zero attached hydrogens (tertiary/aromatic N) is 1. The first-order valence-corrected chi connectivity index (χ1v) is 6.96. The number of methoxy groups -OCH3 is 1. The fourth-order valence-electron chi connectivity index (χ4n) is 2.46. The van der Waals surface area contributed by atoms with Crippen molar-refractivity contribution in [1.29, 1.82) is 0 Å². The van der Waals surface area contributed by atoms with E-state index in [1.54, 1.807) is 7.11 Å². The minimum atomic E-state index is 0.681. The number of fused-ring (bicyclic) bond motifs is 1. The summed E-state index contributed by atoms with van der Waals surface area (Å²) in [5.74, 6) is 0. The van der Waals surface area contributed by atoms with Gasteiger partial charge < -0.3 is 15.2 Å². The van der Waals surface area contributed by atoms with Gasteiger partial charge in [-0.2, -0.15) is 0 Å². The van der Waals surface area contributed by atoms with Gasteiger partial charge >= 0.3 is 0 Å². The SMILES string of the molecule is COCCOCCCCN1Cc2cccc(N)c2C1. The average Bonchev–Trinajstić information content (AvgIpc) is 2.82. The monoisotopic (exact) mass is 264 g/mol. The third kappa shape index (κ3) is 4.20. The quantitative estimate of drug-likeness (QED) is 0.576. The number of hydrogen-bond acceptors (Lipinski definition) is 4. The number of benzene rings is 1. The summed E-state index contributed by atoms with van der Waals surface area (Å²) in [7, 11) is 1.69. The molecule has 4 nitrogen and oxygen atoms in total. The zero-order valence-corrected chi connectivity index (χ0v) is 11.7. The van der Waals surface area contributed by atoms with Gasteiger partial charge in [0.25, 0.3) is 0 Å². The lowest BCUT2D eigenvalue weighted by atomic mass is 10.1. The van der Waals surface area contributed by atoms with Crippen LogP contribution in [0.4, 0.5) is 5.69 Å². The van der Waals surface area contributed by atoms with Gasteiger partial charge in [0.1, 0.15) is 0 Å². The molecular weight excluding hydrogens is 240 g/mol. The Kier molecular flexibility index (Phi) is 5.63. The van der Waals surface area contributed by atoms with E-state index >= 15 is 0 Å². The van der Waals surface area contributed by atoms with E-state index in [1.807, 2.05) is 12.1 Å². The summed E-state index contributed by atoms with van der Waals surface area (Å²) in [4.78, 5) is 2.45. The topological polar surface area (TPSA) is 47.7 Å². The Hall–Kier alpha value is -1.10. The fourth-order valence-corrected chi connectivity index (χ4v) is 2.46. The molecule has 0 fully saturated rings. The molecule has 0 aromatic heterocycles. The Morgan fingerprint density at radius 3 is 2.84 bits per heavy atom. The van der Waals surface area contributed by atoms with Crippen LogP contribution in [0.2, 0.25) is 0 Å². The number of anilines is 1. The molecule has 106 valence electrons. The standard InChI is InChI=1S/C15H24N2O2/c1-18-9-10-19-8-3-2-7-17-11-13-5-4-6-15(16)14(13)12-17/h4-6H,2-3,7-12,16H2,1H3. The van der Waals surface area contributed by atoms with Crippen LogP contribution in [0.5, 0.6) is 0 Å². The molecule has 0 radical (unpaired) electrons. The lowest BCUT2D eigenvalue weighted by Crippen LogP contribution is -2.18. The molecule has 19 heavy (non-hydrogen) atoms. The van der Waals surface area contributed by atoms with Gasteiger partial charge in [-0.3, -0.25) is 4.90 Å². The largest absolute Gasteiger partial charge is 0.398 e. The fraction of sp³-hybridized carbons (Fsp3) is 0.600. The van der Waals surface area contributed by atoms with Crippen LogP contribution in [-0.2, 0) is 22.6 Å². The maximum Gasteiger partial charge on any atom is 0.0700 e. The van der Waals surface area contributed by atoms with E-state index in [4.69, 9.17) is 15.2 Å². The normalized spacial score (nSPS) is 14.8. The summed E-state index contributed by atoms with van der Waals surface area (Å²) in [6.45, 7) is 5.34. The third-order valence-electron chi connectivity index (χ3n) is 3.53. The van der Waals surface area contributed by atoms with Gasteiger partial charge in [-0.15, -0.1) is 0 Å². The summed E-state index contributed by atoms with van der Waals surface area (Å²) in [6, 6.07) is 6.22.